The maximum Gasteiger partial charge on any atom is 0.266 e. The number of para-hydroxylation sites is 1. The lowest BCUT2D eigenvalue weighted by atomic mass is 10.0. The Morgan fingerprint density at radius 3 is 2.56 bits per heavy atom. The second-order valence-corrected chi connectivity index (χ2v) is 9.54. The third-order valence-electron chi connectivity index (χ3n) is 4.99. The van der Waals surface area contributed by atoms with Crippen LogP contribution < -0.4 is 9.47 Å². The summed E-state index contributed by atoms with van der Waals surface area (Å²) in [5, 5.41) is 0. The molecule has 1 heterocycles. The lowest BCUT2D eigenvalue weighted by Crippen LogP contribution is -2.27. The lowest BCUT2D eigenvalue weighted by Gasteiger charge is -2.15. The fourth-order valence-corrected chi connectivity index (χ4v) is 4.59. The number of amides is 1. The number of hydrogen-bond donors (Lipinski definition) is 0. The van der Waals surface area contributed by atoms with Crippen LogP contribution in [-0.4, -0.2) is 34.9 Å². The van der Waals surface area contributed by atoms with Crippen molar-refractivity contribution in [2.75, 3.05) is 19.8 Å². The van der Waals surface area contributed by atoms with Gasteiger partial charge in [-0.3, -0.25) is 9.69 Å². The molecule has 1 amide bonds. The standard InChI is InChI=1S/C26H29NO3S2/c1-5-13-27-25(28)24(32-26(27)31)17-20-9-6-7-10-22(20)29-14-8-15-30-23-16-19(4)11-12-21(23)18(2)3/h5-7,9-12,16-18H,1,8,13-15H2,2-4H3/b24-17-. The van der Waals surface area contributed by atoms with Gasteiger partial charge in [0.05, 0.1) is 18.1 Å². The molecule has 2 aromatic carbocycles. The number of rotatable bonds is 10. The number of thiocarbonyl (C=S) groups is 1. The number of carbonyl (C=O) groups excluding carboxylic acids is 1. The van der Waals surface area contributed by atoms with Gasteiger partial charge in [0.2, 0.25) is 0 Å². The molecule has 168 valence electrons. The van der Waals surface area contributed by atoms with Crippen LogP contribution in [0.3, 0.4) is 0 Å². The molecule has 32 heavy (non-hydrogen) atoms. The fourth-order valence-electron chi connectivity index (χ4n) is 3.33. The molecule has 0 atom stereocenters. The van der Waals surface area contributed by atoms with Gasteiger partial charge in [-0.1, -0.05) is 74.2 Å². The van der Waals surface area contributed by atoms with Crippen LogP contribution in [0.1, 0.15) is 42.9 Å². The van der Waals surface area contributed by atoms with E-state index in [1.807, 2.05) is 30.3 Å². The highest BCUT2D eigenvalue weighted by Crippen LogP contribution is 2.34. The van der Waals surface area contributed by atoms with E-state index in [0.717, 1.165) is 23.5 Å². The van der Waals surface area contributed by atoms with Crippen LogP contribution in [0, 0.1) is 6.92 Å². The Labute approximate surface area is 200 Å². The Hall–Kier alpha value is -2.57. The number of carbonyl (C=O) groups is 1. The summed E-state index contributed by atoms with van der Waals surface area (Å²) in [7, 11) is 0. The minimum Gasteiger partial charge on any atom is -0.493 e. The smallest absolute Gasteiger partial charge is 0.266 e. The Balaban J connectivity index is 1.59. The molecule has 0 aliphatic carbocycles. The second kappa shape index (κ2) is 11.3. The number of nitrogens with zero attached hydrogens (tertiary/aromatic N) is 1. The fraction of sp³-hybridized carbons (Fsp3) is 0.308. The third-order valence-corrected chi connectivity index (χ3v) is 6.36. The van der Waals surface area contributed by atoms with Crippen molar-refractivity contribution >= 4 is 40.3 Å². The minimum absolute atomic E-state index is 0.0952. The molecule has 0 aromatic heterocycles. The largest absolute Gasteiger partial charge is 0.493 e. The predicted octanol–water partition coefficient (Wildman–Crippen LogP) is 6.35. The summed E-state index contributed by atoms with van der Waals surface area (Å²) in [5.74, 6) is 2.00. The molecule has 1 aliphatic heterocycles. The van der Waals surface area contributed by atoms with Crippen molar-refractivity contribution in [2.45, 2.75) is 33.1 Å². The van der Waals surface area contributed by atoms with Crippen molar-refractivity contribution in [1.82, 2.24) is 4.90 Å². The molecule has 6 heteroatoms. The van der Waals surface area contributed by atoms with Crippen LogP contribution in [0.25, 0.3) is 6.08 Å². The van der Waals surface area contributed by atoms with Crippen LogP contribution in [0.2, 0.25) is 0 Å². The summed E-state index contributed by atoms with van der Waals surface area (Å²) in [6.45, 7) is 11.6. The molecule has 0 saturated carbocycles. The number of hydrogen-bond acceptors (Lipinski definition) is 5. The predicted molar refractivity (Wildman–Crippen MR) is 137 cm³/mol. The average molecular weight is 468 g/mol. The van der Waals surface area contributed by atoms with Crippen molar-refractivity contribution in [3.05, 3.63) is 76.7 Å². The van der Waals surface area contributed by atoms with Gasteiger partial charge < -0.3 is 9.47 Å². The molecule has 0 spiro atoms. The van der Waals surface area contributed by atoms with Gasteiger partial charge in [0, 0.05) is 18.5 Å². The average Bonchev–Trinajstić information content (AvgIpc) is 3.02. The summed E-state index contributed by atoms with van der Waals surface area (Å²) in [6.07, 6.45) is 4.27. The van der Waals surface area contributed by atoms with Crippen LogP contribution >= 0.6 is 24.0 Å². The van der Waals surface area contributed by atoms with Crippen molar-refractivity contribution in [3.63, 3.8) is 0 Å². The van der Waals surface area contributed by atoms with E-state index in [9.17, 15) is 4.79 Å². The summed E-state index contributed by atoms with van der Waals surface area (Å²) < 4.78 is 12.6. The highest BCUT2D eigenvalue weighted by molar-refractivity contribution is 8.26. The monoisotopic (exact) mass is 467 g/mol. The summed E-state index contributed by atoms with van der Waals surface area (Å²) in [4.78, 5) is 14.7. The number of thioether (sulfide) groups is 1. The van der Waals surface area contributed by atoms with Gasteiger partial charge >= 0.3 is 0 Å². The first-order valence-corrected chi connectivity index (χ1v) is 11.9. The van der Waals surface area contributed by atoms with Gasteiger partial charge in [0.1, 0.15) is 15.8 Å². The zero-order chi connectivity index (χ0) is 23.1. The SMILES string of the molecule is C=CCN1C(=O)/C(=C/c2ccccc2OCCCOc2cc(C)ccc2C(C)C)SC1=S. The maximum absolute atomic E-state index is 12.6. The molecule has 3 rings (SSSR count). The van der Waals surface area contributed by atoms with Gasteiger partial charge in [-0.2, -0.15) is 0 Å². The zero-order valence-electron chi connectivity index (χ0n) is 18.8. The van der Waals surface area contributed by atoms with Gasteiger partial charge in [-0.05, 0) is 42.2 Å². The molecular formula is C26H29NO3S2. The van der Waals surface area contributed by atoms with E-state index >= 15 is 0 Å². The Morgan fingerprint density at radius 2 is 1.84 bits per heavy atom. The summed E-state index contributed by atoms with van der Waals surface area (Å²) in [6, 6.07) is 14.1. The van der Waals surface area contributed by atoms with Crippen LogP contribution in [0.5, 0.6) is 11.5 Å². The second-order valence-electron chi connectivity index (χ2n) is 7.87. The van der Waals surface area contributed by atoms with Crippen molar-refractivity contribution < 1.29 is 14.3 Å². The maximum atomic E-state index is 12.6. The van der Waals surface area contributed by atoms with E-state index in [0.29, 0.717) is 34.9 Å². The minimum atomic E-state index is -0.0952. The first-order valence-electron chi connectivity index (χ1n) is 10.7. The van der Waals surface area contributed by atoms with Gasteiger partial charge in [-0.15, -0.1) is 6.58 Å². The topological polar surface area (TPSA) is 38.8 Å². The third kappa shape index (κ3) is 6.02. The Kier molecular flexibility index (Phi) is 8.53. The molecule has 1 fully saturated rings. The highest BCUT2D eigenvalue weighted by Gasteiger charge is 2.31. The number of ether oxygens (including phenoxy) is 2. The van der Waals surface area contributed by atoms with Crippen LogP contribution in [0.4, 0.5) is 0 Å². The molecule has 1 aliphatic rings. The van der Waals surface area contributed by atoms with E-state index in [-0.39, 0.29) is 5.91 Å². The van der Waals surface area contributed by atoms with E-state index < -0.39 is 0 Å². The first kappa shape index (κ1) is 24.1. The van der Waals surface area contributed by atoms with E-state index in [1.165, 1.54) is 22.9 Å². The molecule has 0 N–H and O–H groups in total. The molecule has 0 radical (unpaired) electrons. The molecule has 2 aromatic rings. The molecule has 1 saturated heterocycles. The van der Waals surface area contributed by atoms with Crippen molar-refractivity contribution in [2.24, 2.45) is 0 Å². The van der Waals surface area contributed by atoms with E-state index in [1.54, 1.807) is 11.0 Å². The van der Waals surface area contributed by atoms with Crippen LogP contribution in [-0.2, 0) is 4.79 Å². The molecular weight excluding hydrogens is 438 g/mol. The normalized spacial score (nSPS) is 15.0. The highest BCUT2D eigenvalue weighted by atomic mass is 32.2. The molecule has 0 bridgehead atoms. The Morgan fingerprint density at radius 1 is 1.12 bits per heavy atom. The van der Waals surface area contributed by atoms with Gasteiger partial charge in [0.25, 0.3) is 5.91 Å². The van der Waals surface area contributed by atoms with Crippen LogP contribution in [0.15, 0.2) is 60.0 Å². The zero-order valence-corrected chi connectivity index (χ0v) is 20.4. The number of benzene rings is 2. The van der Waals surface area contributed by atoms with Crippen molar-refractivity contribution in [3.8, 4) is 11.5 Å². The lowest BCUT2D eigenvalue weighted by molar-refractivity contribution is -0.121. The molecule has 0 unspecified atom stereocenters. The summed E-state index contributed by atoms with van der Waals surface area (Å²) >= 11 is 6.62. The van der Waals surface area contributed by atoms with E-state index in [2.05, 4.69) is 45.5 Å². The Bertz CT molecular complexity index is 1030. The summed E-state index contributed by atoms with van der Waals surface area (Å²) in [5.41, 5.74) is 3.26. The quantitative estimate of drug-likeness (QED) is 0.176. The molecule has 4 nitrogen and oxygen atoms in total. The van der Waals surface area contributed by atoms with Crippen molar-refractivity contribution in [1.29, 1.82) is 0 Å². The van der Waals surface area contributed by atoms with E-state index in [4.69, 9.17) is 21.7 Å². The first-order chi connectivity index (χ1) is 15.4. The van der Waals surface area contributed by atoms with Gasteiger partial charge in [0.15, 0.2) is 0 Å². The van der Waals surface area contributed by atoms with Gasteiger partial charge in [-0.25, -0.2) is 0 Å². The number of aryl methyl sites for hydroxylation is 1.